The van der Waals surface area contributed by atoms with E-state index in [0.29, 0.717) is 28.3 Å². The number of piperidine rings is 1. The van der Waals surface area contributed by atoms with Crippen molar-refractivity contribution in [1.82, 2.24) is 5.32 Å². The fraction of sp³-hybridized carbons (Fsp3) is 0.381. The summed E-state index contributed by atoms with van der Waals surface area (Å²) in [5.74, 6) is -2.41. The Bertz CT molecular complexity index is 745. The molecule has 3 rings (SSSR count). The topological polar surface area (TPSA) is 28.5 Å². The van der Waals surface area contributed by atoms with E-state index < -0.39 is 5.76 Å². The highest BCUT2D eigenvalue weighted by molar-refractivity contribution is 7.99. The number of hydrogen-bond acceptors (Lipinski definition) is 2. The first-order valence-corrected chi connectivity index (χ1v) is 10.9. The van der Waals surface area contributed by atoms with E-state index in [9.17, 15) is 8.78 Å². The van der Waals surface area contributed by atoms with E-state index in [-0.39, 0.29) is 0 Å². The summed E-state index contributed by atoms with van der Waals surface area (Å²) in [6.07, 6.45) is 4.06. The van der Waals surface area contributed by atoms with Gasteiger partial charge in [-0.2, -0.15) is 8.78 Å². The average molecular weight is 423 g/mol. The highest BCUT2D eigenvalue weighted by Crippen LogP contribution is 2.26. The minimum Gasteiger partial charge on any atom is -0.358 e. The number of alkyl halides is 2. The molecule has 1 aliphatic heterocycles. The van der Waals surface area contributed by atoms with Crippen LogP contribution >= 0.6 is 24.0 Å². The van der Waals surface area contributed by atoms with Crippen molar-refractivity contribution in [2.45, 2.75) is 43.0 Å². The van der Waals surface area contributed by atoms with E-state index >= 15 is 0 Å². The van der Waals surface area contributed by atoms with Gasteiger partial charge >= 0.3 is 0 Å². The zero-order chi connectivity index (χ0) is 19.8. The second-order valence-corrected chi connectivity index (χ2v) is 8.49. The summed E-state index contributed by atoms with van der Waals surface area (Å²) in [6, 6.07) is 15.5. The summed E-state index contributed by atoms with van der Waals surface area (Å²) in [5.41, 5.74) is 3.32. The number of hydrogen-bond donors (Lipinski definition) is 3. The highest BCUT2D eigenvalue weighted by Gasteiger charge is 2.13. The van der Waals surface area contributed by atoms with Gasteiger partial charge < -0.3 is 15.5 Å². The first kappa shape index (κ1) is 21.0. The van der Waals surface area contributed by atoms with Crippen LogP contribution in [0.2, 0.25) is 0 Å². The molecule has 3 nitrogen and oxygen atoms in total. The summed E-state index contributed by atoms with van der Waals surface area (Å²) in [4.78, 5) is 2.21. The summed E-state index contributed by atoms with van der Waals surface area (Å²) in [6.45, 7) is 4.31. The molecule has 28 heavy (non-hydrogen) atoms. The van der Waals surface area contributed by atoms with Gasteiger partial charge in [0.25, 0.3) is 5.76 Å². The van der Waals surface area contributed by atoms with Crippen LogP contribution in [-0.4, -0.2) is 24.0 Å². The molecular formula is C21H26F2N3S2+. The smallest absolute Gasteiger partial charge is 0.288 e. The lowest BCUT2D eigenvalue weighted by Gasteiger charge is -2.23. The van der Waals surface area contributed by atoms with Crippen LogP contribution in [0.1, 0.15) is 30.4 Å². The van der Waals surface area contributed by atoms with Gasteiger partial charge in [-0.05, 0) is 61.3 Å². The molecule has 0 unspecified atom stereocenters. The van der Waals surface area contributed by atoms with Crippen LogP contribution in [-0.2, 0) is 13.1 Å². The quantitative estimate of drug-likeness (QED) is 0.464. The molecule has 1 saturated heterocycles. The van der Waals surface area contributed by atoms with Crippen molar-refractivity contribution in [2.75, 3.05) is 18.4 Å². The van der Waals surface area contributed by atoms with E-state index in [2.05, 4.69) is 34.9 Å². The molecule has 0 bridgehead atoms. The first-order chi connectivity index (χ1) is 13.6. The number of likely N-dealkylation sites (tertiary alicyclic amines) is 1. The molecule has 0 aliphatic carbocycles. The number of rotatable bonds is 7. The SMILES string of the molecule is FC(F)Sc1ccc(NC(=S)NCc2ccc(C[NH+]3CCCCC3)cc2)cc1. The van der Waals surface area contributed by atoms with Crippen molar-refractivity contribution in [3.63, 3.8) is 0 Å². The third-order valence-corrected chi connectivity index (χ3v) is 5.80. The Kier molecular flexibility index (Phi) is 8.06. The molecule has 0 amide bonds. The third-order valence-electron chi connectivity index (χ3n) is 4.83. The molecule has 7 heteroatoms. The molecule has 3 N–H and O–H groups in total. The second-order valence-electron chi connectivity index (χ2n) is 7.01. The summed E-state index contributed by atoms with van der Waals surface area (Å²) >= 11 is 5.86. The van der Waals surface area contributed by atoms with Crippen molar-refractivity contribution >= 4 is 34.8 Å². The molecule has 0 atom stereocenters. The first-order valence-electron chi connectivity index (χ1n) is 9.59. The Morgan fingerprint density at radius 1 is 0.964 bits per heavy atom. The maximum Gasteiger partial charge on any atom is 0.288 e. The molecular weight excluding hydrogens is 396 g/mol. The van der Waals surface area contributed by atoms with E-state index in [0.717, 1.165) is 12.2 Å². The standard InChI is InChI=1S/C21H25F2N3S2/c22-20(23)28-19-10-8-18(9-11-19)25-21(27)24-14-16-4-6-17(7-5-16)15-26-12-2-1-3-13-26/h4-11,20H,1-3,12-15H2,(H2,24,25,27)/p+1. The van der Waals surface area contributed by atoms with E-state index in [1.807, 2.05) is 0 Å². The molecule has 1 aliphatic rings. The number of thiocarbonyl (C=S) groups is 1. The number of thioether (sulfide) groups is 1. The van der Waals surface area contributed by atoms with Crippen molar-refractivity contribution < 1.29 is 13.7 Å². The Hall–Kier alpha value is -1.70. The predicted octanol–water partition coefficient (Wildman–Crippen LogP) is 4.06. The van der Waals surface area contributed by atoms with Gasteiger partial charge in [0.1, 0.15) is 6.54 Å². The molecule has 0 spiro atoms. The van der Waals surface area contributed by atoms with E-state index in [1.165, 1.54) is 43.5 Å². The van der Waals surface area contributed by atoms with Gasteiger partial charge in [0.05, 0.1) is 13.1 Å². The zero-order valence-electron chi connectivity index (χ0n) is 15.7. The van der Waals surface area contributed by atoms with Crippen LogP contribution in [0.25, 0.3) is 0 Å². The highest BCUT2D eigenvalue weighted by atomic mass is 32.2. The number of benzene rings is 2. The Morgan fingerprint density at radius 3 is 2.25 bits per heavy atom. The maximum absolute atomic E-state index is 12.4. The predicted molar refractivity (Wildman–Crippen MR) is 116 cm³/mol. The van der Waals surface area contributed by atoms with Crippen molar-refractivity contribution in [3.8, 4) is 0 Å². The summed E-state index contributed by atoms with van der Waals surface area (Å²) < 4.78 is 24.7. The summed E-state index contributed by atoms with van der Waals surface area (Å²) in [7, 11) is 0. The van der Waals surface area contributed by atoms with Crippen LogP contribution < -0.4 is 15.5 Å². The Morgan fingerprint density at radius 2 is 1.61 bits per heavy atom. The molecule has 0 radical (unpaired) electrons. The molecule has 1 heterocycles. The molecule has 0 aromatic heterocycles. The molecule has 150 valence electrons. The monoisotopic (exact) mass is 422 g/mol. The lowest BCUT2D eigenvalue weighted by molar-refractivity contribution is -0.918. The van der Waals surface area contributed by atoms with Crippen LogP contribution in [0.4, 0.5) is 14.5 Å². The zero-order valence-corrected chi connectivity index (χ0v) is 17.4. The molecule has 0 saturated carbocycles. The van der Waals surface area contributed by atoms with Crippen molar-refractivity contribution in [3.05, 3.63) is 59.7 Å². The fourth-order valence-corrected chi connectivity index (χ4v) is 4.06. The van der Waals surface area contributed by atoms with Gasteiger partial charge in [0, 0.05) is 22.7 Å². The second kappa shape index (κ2) is 10.7. The Labute approximate surface area is 174 Å². The maximum atomic E-state index is 12.4. The van der Waals surface area contributed by atoms with Gasteiger partial charge in [0.15, 0.2) is 5.11 Å². The van der Waals surface area contributed by atoms with Gasteiger partial charge in [-0.25, -0.2) is 0 Å². The molecule has 2 aromatic rings. The summed E-state index contributed by atoms with van der Waals surface area (Å²) in [5, 5.41) is 6.77. The number of halogens is 2. The molecule has 1 fully saturated rings. The van der Waals surface area contributed by atoms with Crippen LogP contribution in [0.15, 0.2) is 53.4 Å². The Balaban J connectivity index is 1.42. The minimum atomic E-state index is -2.41. The van der Waals surface area contributed by atoms with Crippen molar-refractivity contribution in [2.24, 2.45) is 0 Å². The molecule has 2 aromatic carbocycles. The lowest BCUT2D eigenvalue weighted by atomic mass is 10.1. The minimum absolute atomic E-state index is 0.510. The van der Waals surface area contributed by atoms with E-state index in [4.69, 9.17) is 12.2 Å². The number of quaternary nitrogens is 1. The third kappa shape index (κ3) is 7.04. The van der Waals surface area contributed by atoms with E-state index in [1.54, 1.807) is 29.2 Å². The normalized spacial score (nSPS) is 14.8. The van der Waals surface area contributed by atoms with Crippen molar-refractivity contribution in [1.29, 1.82) is 0 Å². The van der Waals surface area contributed by atoms with Crippen LogP contribution in [0, 0.1) is 0 Å². The van der Waals surface area contributed by atoms with Gasteiger partial charge in [-0.3, -0.25) is 0 Å². The van der Waals surface area contributed by atoms with Gasteiger partial charge in [-0.15, -0.1) is 0 Å². The lowest BCUT2D eigenvalue weighted by Crippen LogP contribution is -3.11. The number of anilines is 1. The van der Waals surface area contributed by atoms with Gasteiger partial charge in [0.2, 0.25) is 0 Å². The van der Waals surface area contributed by atoms with Gasteiger partial charge in [-0.1, -0.05) is 36.0 Å². The number of nitrogens with one attached hydrogen (secondary N) is 3. The largest absolute Gasteiger partial charge is 0.358 e. The van der Waals surface area contributed by atoms with Crippen LogP contribution in [0.3, 0.4) is 0 Å². The average Bonchev–Trinajstić information content (AvgIpc) is 2.69. The van der Waals surface area contributed by atoms with Crippen LogP contribution in [0.5, 0.6) is 0 Å². The fourth-order valence-electron chi connectivity index (χ4n) is 3.37.